The number of nitrogens with one attached hydrogen (secondary N) is 1. The van der Waals surface area contributed by atoms with E-state index in [2.05, 4.69) is 15.5 Å². The van der Waals surface area contributed by atoms with E-state index in [9.17, 15) is 18.5 Å². The SMILES string of the molecule is COc1cc(/C=C(/C#N)C(=O)Nc2nnc(S(C)(=O)=O)s2)cc(Cl)c1OCCOc1ccccc1. The van der Waals surface area contributed by atoms with E-state index >= 15 is 0 Å². The molecule has 0 fully saturated rings. The van der Waals surface area contributed by atoms with Gasteiger partial charge in [0.05, 0.1) is 12.1 Å². The molecule has 0 atom stereocenters. The maximum atomic E-state index is 12.5. The standard InChI is InChI=1S/C22H19ClN4O6S2/c1-31-18-12-14(11-17(23)19(18)33-9-8-32-16-6-4-3-5-7-16)10-15(13-24)20(28)25-21-26-27-22(34-21)35(2,29)30/h3-7,10-12H,8-9H2,1-2H3,(H,25,26,28)/b15-10-. The number of halogens is 1. The zero-order valence-electron chi connectivity index (χ0n) is 18.5. The molecule has 1 aromatic heterocycles. The van der Waals surface area contributed by atoms with Gasteiger partial charge < -0.3 is 14.2 Å². The van der Waals surface area contributed by atoms with Gasteiger partial charge in [-0.3, -0.25) is 10.1 Å². The van der Waals surface area contributed by atoms with Gasteiger partial charge in [0.25, 0.3) is 5.91 Å². The van der Waals surface area contributed by atoms with Gasteiger partial charge >= 0.3 is 0 Å². The second-order valence-corrected chi connectivity index (χ2v) is 10.4. The molecule has 0 aliphatic rings. The summed E-state index contributed by atoms with van der Waals surface area (Å²) in [6.07, 6.45) is 2.27. The summed E-state index contributed by atoms with van der Waals surface area (Å²) in [4.78, 5) is 12.5. The number of carbonyl (C=O) groups excluding carboxylic acids is 1. The Morgan fingerprint density at radius 3 is 2.54 bits per heavy atom. The molecule has 2 aromatic carbocycles. The van der Waals surface area contributed by atoms with Gasteiger partial charge in [-0.05, 0) is 35.9 Å². The Hall–Kier alpha value is -3.66. The average molecular weight is 535 g/mol. The molecule has 0 radical (unpaired) electrons. The summed E-state index contributed by atoms with van der Waals surface area (Å²) in [5.74, 6) is 0.492. The predicted molar refractivity (Wildman–Crippen MR) is 131 cm³/mol. The summed E-state index contributed by atoms with van der Waals surface area (Å²) in [6.45, 7) is 0.472. The number of para-hydroxylation sites is 1. The van der Waals surface area contributed by atoms with E-state index < -0.39 is 15.7 Å². The third-order valence-electron chi connectivity index (χ3n) is 4.21. The number of ether oxygens (including phenoxy) is 3. The third kappa shape index (κ3) is 7.16. The minimum Gasteiger partial charge on any atom is -0.493 e. The molecular weight excluding hydrogens is 516 g/mol. The van der Waals surface area contributed by atoms with Crippen molar-refractivity contribution >= 4 is 49.9 Å². The molecule has 3 rings (SSSR count). The highest BCUT2D eigenvalue weighted by Gasteiger charge is 2.18. The first-order chi connectivity index (χ1) is 16.7. The van der Waals surface area contributed by atoms with E-state index in [1.807, 2.05) is 30.3 Å². The van der Waals surface area contributed by atoms with Crippen LogP contribution in [0.4, 0.5) is 5.13 Å². The minimum absolute atomic E-state index is 0.0614. The van der Waals surface area contributed by atoms with Crippen LogP contribution in [-0.4, -0.2) is 51.1 Å². The zero-order valence-corrected chi connectivity index (χ0v) is 20.9. The summed E-state index contributed by atoms with van der Waals surface area (Å²) in [5, 5.41) is 19.1. The number of sulfone groups is 1. The van der Waals surface area contributed by atoms with Crippen LogP contribution in [0.5, 0.6) is 17.2 Å². The molecule has 13 heteroatoms. The summed E-state index contributed by atoms with van der Waals surface area (Å²) < 4.78 is 39.4. The molecule has 0 aliphatic heterocycles. The number of hydrogen-bond acceptors (Lipinski definition) is 10. The number of methoxy groups -OCH3 is 1. The first-order valence-corrected chi connectivity index (χ1v) is 12.9. The van der Waals surface area contributed by atoms with E-state index in [4.69, 9.17) is 25.8 Å². The summed E-state index contributed by atoms with van der Waals surface area (Å²) >= 11 is 7.03. The van der Waals surface area contributed by atoms with Crippen LogP contribution in [0, 0.1) is 11.3 Å². The maximum absolute atomic E-state index is 12.5. The second kappa shape index (κ2) is 11.7. The number of nitrogens with zero attached hydrogens (tertiary/aromatic N) is 3. The van der Waals surface area contributed by atoms with E-state index in [-0.39, 0.29) is 39.0 Å². The van der Waals surface area contributed by atoms with Crippen LogP contribution in [0.2, 0.25) is 5.02 Å². The van der Waals surface area contributed by atoms with Crippen molar-refractivity contribution in [3.05, 3.63) is 58.6 Å². The Labute approximate surface area is 210 Å². The van der Waals surface area contributed by atoms with E-state index in [0.29, 0.717) is 28.4 Å². The number of anilines is 1. The van der Waals surface area contributed by atoms with Crippen LogP contribution in [0.3, 0.4) is 0 Å². The van der Waals surface area contributed by atoms with Crippen LogP contribution in [0.15, 0.2) is 52.4 Å². The lowest BCUT2D eigenvalue weighted by Gasteiger charge is -2.14. The van der Waals surface area contributed by atoms with Gasteiger partial charge in [0.2, 0.25) is 19.3 Å². The van der Waals surface area contributed by atoms with Crippen LogP contribution < -0.4 is 19.5 Å². The summed E-state index contributed by atoms with van der Waals surface area (Å²) in [7, 11) is -2.14. The summed E-state index contributed by atoms with van der Waals surface area (Å²) in [6, 6.07) is 14.1. The molecule has 1 heterocycles. The number of nitriles is 1. The van der Waals surface area contributed by atoms with Gasteiger partial charge in [-0.15, -0.1) is 10.2 Å². The van der Waals surface area contributed by atoms with Gasteiger partial charge in [-0.2, -0.15) is 5.26 Å². The molecule has 0 saturated heterocycles. The number of carbonyl (C=O) groups is 1. The molecule has 0 saturated carbocycles. The minimum atomic E-state index is -3.57. The van der Waals surface area contributed by atoms with Crippen LogP contribution >= 0.6 is 22.9 Å². The monoisotopic (exact) mass is 534 g/mol. The average Bonchev–Trinajstić information content (AvgIpc) is 3.30. The van der Waals surface area contributed by atoms with Crippen molar-refractivity contribution in [1.82, 2.24) is 10.2 Å². The molecule has 35 heavy (non-hydrogen) atoms. The normalized spacial score (nSPS) is 11.4. The van der Waals surface area contributed by atoms with E-state index in [1.165, 1.54) is 19.3 Å². The van der Waals surface area contributed by atoms with Gasteiger partial charge in [-0.25, -0.2) is 8.42 Å². The summed E-state index contributed by atoms with van der Waals surface area (Å²) in [5.41, 5.74) is 0.129. The Balaban J connectivity index is 1.71. The van der Waals surface area contributed by atoms with Crippen LogP contribution in [-0.2, 0) is 14.6 Å². The Kier molecular flexibility index (Phi) is 8.64. The van der Waals surface area contributed by atoms with Gasteiger partial charge in [0.1, 0.15) is 30.6 Å². The Morgan fingerprint density at radius 1 is 1.20 bits per heavy atom. The fraction of sp³-hybridized carbons (Fsp3) is 0.182. The quantitative estimate of drug-likeness (QED) is 0.179. The van der Waals surface area contributed by atoms with E-state index in [1.54, 1.807) is 12.1 Å². The van der Waals surface area contributed by atoms with Crippen molar-refractivity contribution in [3.63, 3.8) is 0 Å². The van der Waals surface area contributed by atoms with Crippen molar-refractivity contribution in [1.29, 1.82) is 5.26 Å². The molecule has 10 nitrogen and oxygen atoms in total. The lowest BCUT2D eigenvalue weighted by molar-refractivity contribution is -0.112. The molecule has 0 unspecified atom stereocenters. The largest absolute Gasteiger partial charge is 0.493 e. The molecular formula is C22H19ClN4O6S2. The third-order valence-corrected chi connectivity index (χ3v) is 7.00. The molecule has 3 aromatic rings. The van der Waals surface area contributed by atoms with Crippen molar-refractivity contribution in [2.24, 2.45) is 0 Å². The predicted octanol–water partition coefficient (Wildman–Crippen LogP) is 3.61. The smallest absolute Gasteiger partial charge is 0.268 e. The number of aromatic nitrogens is 2. The van der Waals surface area contributed by atoms with Crippen LogP contribution in [0.1, 0.15) is 5.56 Å². The Bertz CT molecular complexity index is 1380. The second-order valence-electron chi connectivity index (χ2n) is 6.81. The number of rotatable bonds is 10. The lowest BCUT2D eigenvalue weighted by Crippen LogP contribution is -2.13. The highest BCUT2D eigenvalue weighted by atomic mass is 35.5. The van der Waals surface area contributed by atoms with Gasteiger partial charge in [0, 0.05) is 6.26 Å². The van der Waals surface area contributed by atoms with E-state index in [0.717, 1.165) is 6.26 Å². The Morgan fingerprint density at radius 2 is 1.91 bits per heavy atom. The number of benzene rings is 2. The van der Waals surface area contributed by atoms with Crippen molar-refractivity contribution < 1.29 is 27.4 Å². The molecule has 0 aliphatic carbocycles. The van der Waals surface area contributed by atoms with Gasteiger partial charge in [-0.1, -0.05) is 41.1 Å². The molecule has 1 amide bonds. The van der Waals surface area contributed by atoms with Gasteiger partial charge in [0.15, 0.2) is 11.5 Å². The lowest BCUT2D eigenvalue weighted by atomic mass is 10.1. The van der Waals surface area contributed by atoms with Crippen molar-refractivity contribution in [2.75, 3.05) is 31.9 Å². The molecule has 182 valence electrons. The number of amides is 1. The highest BCUT2D eigenvalue weighted by Crippen LogP contribution is 2.37. The topological polar surface area (TPSA) is 140 Å². The first-order valence-electron chi connectivity index (χ1n) is 9.86. The van der Waals surface area contributed by atoms with Crippen molar-refractivity contribution in [2.45, 2.75) is 4.34 Å². The van der Waals surface area contributed by atoms with Crippen molar-refractivity contribution in [3.8, 4) is 23.3 Å². The highest BCUT2D eigenvalue weighted by molar-refractivity contribution is 7.92. The maximum Gasteiger partial charge on any atom is 0.268 e. The molecule has 0 spiro atoms. The molecule has 0 bridgehead atoms. The fourth-order valence-electron chi connectivity index (χ4n) is 2.67. The number of hydrogen-bond donors (Lipinski definition) is 1. The molecule has 1 N–H and O–H groups in total. The zero-order chi connectivity index (χ0) is 25.4. The first kappa shape index (κ1) is 26.0. The van der Waals surface area contributed by atoms with Crippen LogP contribution in [0.25, 0.3) is 6.08 Å². The fourth-order valence-corrected chi connectivity index (χ4v) is 4.45.